The Bertz CT molecular complexity index is 628. The predicted molar refractivity (Wildman–Crippen MR) is 118 cm³/mol. The van der Waals surface area contributed by atoms with Crippen molar-refractivity contribution in [1.29, 1.82) is 0 Å². The summed E-state index contributed by atoms with van der Waals surface area (Å²) in [5.74, 6) is 0.775. The van der Waals surface area contributed by atoms with Gasteiger partial charge in [-0.3, -0.25) is 4.99 Å². The van der Waals surface area contributed by atoms with Crippen molar-refractivity contribution in [3.63, 3.8) is 0 Å². The van der Waals surface area contributed by atoms with Crippen molar-refractivity contribution in [2.75, 3.05) is 26.7 Å². The molecule has 1 aromatic rings. The van der Waals surface area contributed by atoms with Crippen molar-refractivity contribution in [3.05, 3.63) is 17.0 Å². The van der Waals surface area contributed by atoms with Crippen LogP contribution in [0.15, 0.2) is 21.3 Å². The van der Waals surface area contributed by atoms with Crippen molar-refractivity contribution < 1.29 is 8.42 Å². The van der Waals surface area contributed by atoms with Gasteiger partial charge in [-0.1, -0.05) is 20.8 Å². The summed E-state index contributed by atoms with van der Waals surface area (Å²) in [6, 6.07) is 3.97. The fourth-order valence-electron chi connectivity index (χ4n) is 2.16. The number of guanidine groups is 1. The lowest BCUT2D eigenvalue weighted by Gasteiger charge is -2.17. The van der Waals surface area contributed by atoms with Crippen LogP contribution in [0.5, 0.6) is 0 Å². The number of nitrogens with zero attached hydrogens (tertiary/aromatic N) is 2. The molecule has 0 saturated heterocycles. The number of halogens is 1. The molecule has 0 saturated carbocycles. The van der Waals surface area contributed by atoms with Crippen LogP contribution in [0.3, 0.4) is 0 Å². The van der Waals surface area contributed by atoms with Crippen LogP contribution in [0.25, 0.3) is 0 Å². The average Bonchev–Trinajstić information content (AvgIpc) is 3.04. The van der Waals surface area contributed by atoms with E-state index in [0.717, 1.165) is 23.7 Å². The Balaban J connectivity index is 0.00000576. The Hall–Kier alpha value is -0.390. The van der Waals surface area contributed by atoms with Crippen LogP contribution in [0, 0.1) is 0 Å². The molecule has 9 heteroatoms. The van der Waals surface area contributed by atoms with Gasteiger partial charge in [0, 0.05) is 37.6 Å². The van der Waals surface area contributed by atoms with Gasteiger partial charge < -0.3 is 10.6 Å². The van der Waals surface area contributed by atoms with Crippen molar-refractivity contribution in [1.82, 2.24) is 14.9 Å². The zero-order valence-corrected chi connectivity index (χ0v) is 19.7. The third-order valence-electron chi connectivity index (χ3n) is 3.82. The summed E-state index contributed by atoms with van der Waals surface area (Å²) < 4.78 is 26.9. The van der Waals surface area contributed by atoms with E-state index in [2.05, 4.69) is 29.5 Å². The molecule has 2 N–H and O–H groups in total. The Labute approximate surface area is 173 Å². The number of sulfonamides is 1. The minimum atomic E-state index is -3.35. The van der Waals surface area contributed by atoms with Crippen LogP contribution in [-0.2, 0) is 16.4 Å². The first-order valence-electron chi connectivity index (χ1n) is 8.44. The van der Waals surface area contributed by atoms with Crippen molar-refractivity contribution in [2.45, 2.75) is 50.8 Å². The van der Waals surface area contributed by atoms with Gasteiger partial charge in [-0.15, -0.1) is 35.3 Å². The second-order valence-electron chi connectivity index (χ2n) is 5.51. The molecule has 1 atom stereocenters. The average molecular weight is 502 g/mol. The van der Waals surface area contributed by atoms with Crippen LogP contribution in [0.1, 0.15) is 39.0 Å². The molecule has 0 fully saturated rings. The van der Waals surface area contributed by atoms with Gasteiger partial charge in [-0.05, 0) is 31.9 Å². The number of hydrogen-bond donors (Lipinski definition) is 2. The molecule has 0 aliphatic carbocycles. The fraction of sp³-hybridized carbons (Fsp3) is 0.688. The summed E-state index contributed by atoms with van der Waals surface area (Å²) in [6.07, 6.45) is 1.79. The molecule has 0 radical (unpaired) electrons. The lowest BCUT2D eigenvalue weighted by atomic mass is 10.3. The highest BCUT2D eigenvalue weighted by atomic mass is 127. The molecule has 0 spiro atoms. The fourth-order valence-corrected chi connectivity index (χ4v) is 5.12. The maximum absolute atomic E-state index is 12.5. The van der Waals surface area contributed by atoms with Crippen molar-refractivity contribution in [3.8, 4) is 0 Å². The van der Waals surface area contributed by atoms with Crippen LogP contribution in [-0.4, -0.2) is 51.4 Å². The number of nitrogens with one attached hydrogen (secondary N) is 2. The van der Waals surface area contributed by atoms with E-state index in [4.69, 9.17) is 0 Å². The SMILES string of the molecule is CCC(C)NC(=NC)NCCc1ccc(S(=O)(=O)N(CC)CC)s1.I. The van der Waals surface area contributed by atoms with E-state index in [1.807, 2.05) is 19.9 Å². The van der Waals surface area contributed by atoms with Gasteiger partial charge in [0.2, 0.25) is 0 Å². The molecule has 1 rings (SSSR count). The molecule has 0 amide bonds. The molecule has 0 aromatic carbocycles. The number of rotatable bonds is 9. The van der Waals surface area contributed by atoms with Gasteiger partial charge >= 0.3 is 0 Å². The monoisotopic (exact) mass is 502 g/mol. The molecular weight excluding hydrogens is 471 g/mol. The van der Waals surface area contributed by atoms with E-state index < -0.39 is 10.0 Å². The number of thiophene rings is 1. The second-order valence-corrected chi connectivity index (χ2v) is 8.85. The Kier molecular flexibility index (Phi) is 11.9. The Morgan fingerprint density at radius 2 is 1.92 bits per heavy atom. The molecule has 146 valence electrons. The zero-order chi connectivity index (χ0) is 18.2. The molecule has 0 aliphatic heterocycles. The maximum atomic E-state index is 12.5. The van der Waals surface area contributed by atoms with Gasteiger partial charge in [-0.2, -0.15) is 4.31 Å². The van der Waals surface area contributed by atoms with Gasteiger partial charge in [0.05, 0.1) is 0 Å². The topological polar surface area (TPSA) is 73.8 Å². The lowest BCUT2D eigenvalue weighted by Crippen LogP contribution is -2.42. The zero-order valence-electron chi connectivity index (χ0n) is 15.7. The number of aliphatic imine (C=N–C) groups is 1. The van der Waals surface area contributed by atoms with Crippen molar-refractivity contribution in [2.24, 2.45) is 4.99 Å². The third kappa shape index (κ3) is 7.40. The first kappa shape index (κ1) is 24.6. The Morgan fingerprint density at radius 1 is 1.28 bits per heavy atom. The molecule has 6 nitrogen and oxygen atoms in total. The van der Waals surface area contributed by atoms with Crippen LogP contribution >= 0.6 is 35.3 Å². The van der Waals surface area contributed by atoms with E-state index in [0.29, 0.717) is 29.9 Å². The summed E-state index contributed by atoms with van der Waals surface area (Å²) in [7, 11) is -1.60. The maximum Gasteiger partial charge on any atom is 0.252 e. The highest BCUT2D eigenvalue weighted by Crippen LogP contribution is 2.25. The second kappa shape index (κ2) is 12.1. The molecule has 25 heavy (non-hydrogen) atoms. The normalized spacial score (nSPS) is 13.4. The summed E-state index contributed by atoms with van der Waals surface area (Å²) in [6.45, 7) is 9.63. The minimum Gasteiger partial charge on any atom is -0.356 e. The lowest BCUT2D eigenvalue weighted by molar-refractivity contribution is 0.447. The van der Waals surface area contributed by atoms with E-state index in [9.17, 15) is 8.42 Å². The van der Waals surface area contributed by atoms with Crippen molar-refractivity contribution >= 4 is 51.3 Å². The summed E-state index contributed by atoms with van der Waals surface area (Å²) in [5, 5.41) is 6.56. The van der Waals surface area contributed by atoms with Gasteiger partial charge in [0.15, 0.2) is 5.96 Å². The first-order chi connectivity index (χ1) is 11.4. The number of hydrogen-bond acceptors (Lipinski definition) is 4. The summed E-state index contributed by atoms with van der Waals surface area (Å²) >= 11 is 1.35. The van der Waals surface area contributed by atoms with Gasteiger partial charge in [0.1, 0.15) is 4.21 Å². The molecule has 1 unspecified atom stereocenters. The van der Waals surface area contributed by atoms with Crippen LogP contribution in [0.2, 0.25) is 0 Å². The summed E-state index contributed by atoms with van der Waals surface area (Å²) in [4.78, 5) is 5.24. The predicted octanol–water partition coefficient (Wildman–Crippen LogP) is 2.90. The minimum absolute atomic E-state index is 0. The summed E-state index contributed by atoms with van der Waals surface area (Å²) in [5.41, 5.74) is 0. The van der Waals surface area contributed by atoms with Gasteiger partial charge in [0.25, 0.3) is 10.0 Å². The molecule has 1 aromatic heterocycles. The van der Waals surface area contributed by atoms with E-state index in [1.165, 1.54) is 15.6 Å². The third-order valence-corrected chi connectivity index (χ3v) is 7.48. The molecular formula is C16H31IN4O2S2. The van der Waals surface area contributed by atoms with E-state index >= 15 is 0 Å². The highest BCUT2D eigenvalue weighted by Gasteiger charge is 2.23. The van der Waals surface area contributed by atoms with Crippen LogP contribution < -0.4 is 10.6 Å². The first-order valence-corrected chi connectivity index (χ1v) is 10.7. The largest absolute Gasteiger partial charge is 0.356 e. The highest BCUT2D eigenvalue weighted by molar-refractivity contribution is 14.0. The molecule has 1 heterocycles. The van der Waals surface area contributed by atoms with E-state index in [-0.39, 0.29) is 24.0 Å². The standard InChI is InChI=1S/C16H30N4O2S2.HI/c1-6-13(4)19-16(17-5)18-12-11-14-9-10-15(23-14)24(21,22)20(7-2)8-3;/h9-10,13H,6-8,11-12H2,1-5H3,(H2,17,18,19);1H. The van der Waals surface area contributed by atoms with E-state index in [1.54, 1.807) is 13.1 Å². The van der Waals surface area contributed by atoms with Gasteiger partial charge in [-0.25, -0.2) is 8.42 Å². The quantitative estimate of drug-likeness (QED) is 0.310. The molecule has 0 bridgehead atoms. The smallest absolute Gasteiger partial charge is 0.252 e. The molecule has 0 aliphatic rings. The Morgan fingerprint density at radius 3 is 2.44 bits per heavy atom. The van der Waals surface area contributed by atoms with Crippen LogP contribution in [0.4, 0.5) is 0 Å².